The van der Waals surface area contributed by atoms with Crippen LogP contribution < -0.4 is 0 Å². The minimum Gasteiger partial charge on any atom is -0.457 e. The highest BCUT2D eigenvalue weighted by molar-refractivity contribution is 5.94. The second-order valence-electron chi connectivity index (χ2n) is 9.83. The fraction of sp³-hybridized carbons (Fsp3) is 0.538. The Morgan fingerprint density at radius 2 is 1.94 bits per heavy atom. The number of nitrogens with zero attached hydrogens (tertiary/aromatic N) is 2. The molecule has 4 aliphatic rings. The zero-order valence-electron chi connectivity index (χ0n) is 18.9. The van der Waals surface area contributed by atoms with Gasteiger partial charge in [-0.05, 0) is 81.8 Å². The molecule has 1 aromatic carbocycles. The predicted octanol–water partition coefficient (Wildman–Crippen LogP) is 3.64. The van der Waals surface area contributed by atoms with E-state index in [1.54, 1.807) is 6.07 Å². The van der Waals surface area contributed by atoms with Crippen molar-refractivity contribution < 1.29 is 19.4 Å². The SMILES string of the molecule is C=C1C=C(N2CCCC3(CCN(C[C@H](O)c4ccc5c(c4C)COC5=O)CC3)C2=O)CC1. The molecule has 1 spiro atoms. The molecule has 0 aromatic heterocycles. The quantitative estimate of drug-likeness (QED) is 0.730. The van der Waals surface area contributed by atoms with Crippen LogP contribution in [0, 0.1) is 12.3 Å². The van der Waals surface area contributed by atoms with Gasteiger partial charge in [0.1, 0.15) is 6.61 Å². The monoisotopic (exact) mass is 436 g/mol. The maximum absolute atomic E-state index is 13.5. The van der Waals surface area contributed by atoms with Crippen LogP contribution in [0.2, 0.25) is 0 Å². The third-order valence-electron chi connectivity index (χ3n) is 7.97. The fourth-order valence-electron chi connectivity index (χ4n) is 5.92. The van der Waals surface area contributed by atoms with E-state index in [1.807, 2.05) is 17.9 Å². The summed E-state index contributed by atoms with van der Waals surface area (Å²) in [6.45, 7) is 9.28. The average Bonchev–Trinajstić information content (AvgIpc) is 3.38. The second-order valence-corrected chi connectivity index (χ2v) is 9.83. The first-order valence-corrected chi connectivity index (χ1v) is 11.8. The van der Waals surface area contributed by atoms with Gasteiger partial charge >= 0.3 is 5.97 Å². The molecule has 32 heavy (non-hydrogen) atoms. The largest absolute Gasteiger partial charge is 0.457 e. The molecule has 1 N–H and O–H groups in total. The molecular formula is C26H32N2O4. The molecular weight excluding hydrogens is 404 g/mol. The van der Waals surface area contributed by atoms with E-state index < -0.39 is 6.10 Å². The summed E-state index contributed by atoms with van der Waals surface area (Å²) >= 11 is 0. The Hall–Kier alpha value is -2.44. The molecule has 0 bridgehead atoms. The van der Waals surface area contributed by atoms with Gasteiger partial charge in [-0.2, -0.15) is 0 Å². The van der Waals surface area contributed by atoms with E-state index >= 15 is 0 Å². The molecule has 1 amide bonds. The third-order valence-corrected chi connectivity index (χ3v) is 7.97. The standard InChI is InChI=1S/C26H32N2O4/c1-17-4-5-19(14-17)28-11-3-8-26(25(28)31)9-12-27(13-10-26)15-23(29)20-6-7-21-22(18(20)2)16-32-24(21)30/h6-7,14,23,29H,1,3-5,8-13,15-16H2,2H3/t23-/m0/s1. The summed E-state index contributed by atoms with van der Waals surface area (Å²) in [6.07, 6.45) is 7.05. The van der Waals surface area contributed by atoms with E-state index in [4.69, 9.17) is 4.74 Å². The van der Waals surface area contributed by atoms with Crippen LogP contribution >= 0.6 is 0 Å². The zero-order chi connectivity index (χ0) is 22.5. The van der Waals surface area contributed by atoms with Crippen molar-refractivity contribution in [3.05, 3.63) is 58.3 Å². The van der Waals surface area contributed by atoms with Gasteiger partial charge in [-0.3, -0.25) is 4.79 Å². The second kappa shape index (κ2) is 8.16. The fourth-order valence-corrected chi connectivity index (χ4v) is 5.92. The molecule has 0 saturated carbocycles. The number of aliphatic hydroxyl groups excluding tert-OH is 1. The van der Waals surface area contributed by atoms with Gasteiger partial charge in [0, 0.05) is 24.4 Å². The number of rotatable bonds is 4. The molecule has 6 heteroatoms. The molecule has 0 radical (unpaired) electrons. The first kappa shape index (κ1) is 21.4. The Bertz CT molecular complexity index is 1000. The van der Waals surface area contributed by atoms with Crippen molar-refractivity contribution in [1.82, 2.24) is 9.80 Å². The number of ether oxygens (including phenoxy) is 1. The van der Waals surface area contributed by atoms with Crippen LogP contribution in [-0.4, -0.2) is 53.0 Å². The lowest BCUT2D eigenvalue weighted by molar-refractivity contribution is -0.147. The number of allylic oxidation sites excluding steroid dienone is 3. The van der Waals surface area contributed by atoms with Gasteiger partial charge in [0.25, 0.3) is 0 Å². The van der Waals surface area contributed by atoms with Crippen molar-refractivity contribution in [2.75, 3.05) is 26.2 Å². The Labute approximate surface area is 189 Å². The number of hydrogen-bond acceptors (Lipinski definition) is 5. The molecule has 2 saturated heterocycles. The summed E-state index contributed by atoms with van der Waals surface area (Å²) < 4.78 is 5.14. The number of aliphatic hydroxyl groups is 1. The van der Waals surface area contributed by atoms with Crippen LogP contribution in [0.1, 0.15) is 71.7 Å². The summed E-state index contributed by atoms with van der Waals surface area (Å²) in [5, 5.41) is 11.0. The lowest BCUT2D eigenvalue weighted by Crippen LogP contribution is -2.53. The van der Waals surface area contributed by atoms with Crippen LogP contribution in [0.5, 0.6) is 0 Å². The number of esters is 1. The number of fused-ring (bicyclic) bond motifs is 1. The van der Waals surface area contributed by atoms with Crippen LogP contribution in [-0.2, 0) is 16.1 Å². The number of carbonyl (C=O) groups is 2. The van der Waals surface area contributed by atoms with E-state index in [9.17, 15) is 14.7 Å². The van der Waals surface area contributed by atoms with E-state index in [1.165, 1.54) is 0 Å². The minimum atomic E-state index is -0.627. The number of amides is 1. The summed E-state index contributed by atoms with van der Waals surface area (Å²) in [7, 11) is 0. The Morgan fingerprint density at radius 1 is 1.16 bits per heavy atom. The normalized spacial score (nSPS) is 24.0. The highest BCUT2D eigenvalue weighted by atomic mass is 16.5. The maximum Gasteiger partial charge on any atom is 0.338 e. The number of hydrogen-bond donors (Lipinski definition) is 1. The first-order chi connectivity index (χ1) is 15.4. The number of cyclic esters (lactones) is 1. The van der Waals surface area contributed by atoms with Crippen molar-refractivity contribution in [3.8, 4) is 0 Å². The zero-order valence-corrected chi connectivity index (χ0v) is 18.9. The lowest BCUT2D eigenvalue weighted by Gasteiger charge is -2.47. The van der Waals surface area contributed by atoms with E-state index in [0.717, 1.165) is 86.1 Å². The molecule has 2 fully saturated rings. The van der Waals surface area contributed by atoms with Crippen LogP contribution in [0.15, 0.2) is 36.1 Å². The number of benzene rings is 1. The highest BCUT2D eigenvalue weighted by Crippen LogP contribution is 2.43. The molecule has 170 valence electrons. The molecule has 6 nitrogen and oxygen atoms in total. The molecule has 0 unspecified atom stereocenters. The maximum atomic E-state index is 13.5. The number of β-amino-alcohol motifs (C(OH)–C–C–N with tert-alkyl or cyclic N) is 1. The Kier molecular flexibility index (Phi) is 5.46. The van der Waals surface area contributed by atoms with Gasteiger partial charge in [-0.15, -0.1) is 0 Å². The summed E-state index contributed by atoms with van der Waals surface area (Å²) in [5.74, 6) is 0.0124. The number of carbonyl (C=O) groups excluding carboxylic acids is 2. The van der Waals surface area contributed by atoms with Gasteiger partial charge < -0.3 is 19.6 Å². The van der Waals surface area contributed by atoms with Crippen molar-refractivity contribution in [2.45, 2.75) is 58.2 Å². The Morgan fingerprint density at radius 3 is 2.66 bits per heavy atom. The third kappa shape index (κ3) is 3.59. The molecule has 3 aliphatic heterocycles. The van der Waals surface area contributed by atoms with Gasteiger partial charge in [0.15, 0.2) is 0 Å². The van der Waals surface area contributed by atoms with E-state index in [2.05, 4.69) is 17.6 Å². The van der Waals surface area contributed by atoms with Gasteiger partial charge in [0.2, 0.25) is 5.91 Å². The molecule has 1 atom stereocenters. The van der Waals surface area contributed by atoms with Crippen LogP contribution in [0.25, 0.3) is 0 Å². The minimum absolute atomic E-state index is 0.258. The first-order valence-electron chi connectivity index (χ1n) is 11.8. The Balaban J connectivity index is 1.23. The number of likely N-dealkylation sites (tertiary alicyclic amines) is 2. The molecule has 3 heterocycles. The molecule has 5 rings (SSSR count). The van der Waals surface area contributed by atoms with E-state index in [0.29, 0.717) is 18.0 Å². The van der Waals surface area contributed by atoms with Crippen molar-refractivity contribution in [3.63, 3.8) is 0 Å². The van der Waals surface area contributed by atoms with E-state index in [-0.39, 0.29) is 18.0 Å². The average molecular weight is 437 g/mol. The summed E-state index contributed by atoms with van der Waals surface area (Å²) in [4.78, 5) is 29.6. The smallest absolute Gasteiger partial charge is 0.338 e. The van der Waals surface area contributed by atoms with Crippen molar-refractivity contribution in [1.29, 1.82) is 0 Å². The predicted molar refractivity (Wildman–Crippen MR) is 121 cm³/mol. The highest BCUT2D eigenvalue weighted by Gasteiger charge is 2.46. The topological polar surface area (TPSA) is 70.1 Å². The summed E-state index contributed by atoms with van der Waals surface area (Å²) in [6, 6.07) is 3.62. The van der Waals surface area contributed by atoms with Crippen molar-refractivity contribution in [2.24, 2.45) is 5.41 Å². The number of piperidine rings is 2. The summed E-state index contributed by atoms with van der Waals surface area (Å²) in [5.41, 5.74) is 5.31. The van der Waals surface area contributed by atoms with Gasteiger partial charge in [-0.1, -0.05) is 18.2 Å². The van der Waals surface area contributed by atoms with Crippen LogP contribution in [0.3, 0.4) is 0 Å². The van der Waals surface area contributed by atoms with Crippen LogP contribution in [0.4, 0.5) is 0 Å². The van der Waals surface area contributed by atoms with Crippen molar-refractivity contribution >= 4 is 11.9 Å². The lowest BCUT2D eigenvalue weighted by atomic mass is 9.71. The molecule has 1 aromatic rings. The van der Waals surface area contributed by atoms with Gasteiger partial charge in [-0.25, -0.2) is 4.79 Å². The van der Waals surface area contributed by atoms with Gasteiger partial charge in [0.05, 0.1) is 17.1 Å². The molecule has 1 aliphatic carbocycles.